The first-order chi connectivity index (χ1) is 16.0. The van der Waals surface area contributed by atoms with Crippen LogP contribution in [-0.4, -0.2) is 25.5 Å². The topological polar surface area (TPSA) is 67.9 Å². The van der Waals surface area contributed by atoms with E-state index in [2.05, 4.69) is 5.32 Å². The maximum atomic E-state index is 13.6. The van der Waals surface area contributed by atoms with Crippen LogP contribution in [0, 0.1) is 6.92 Å². The van der Waals surface area contributed by atoms with Gasteiger partial charge in [0.25, 0.3) is 11.8 Å². The molecule has 4 rings (SSSR count). The lowest BCUT2D eigenvalue weighted by Crippen LogP contribution is -2.32. The number of methoxy groups -OCH3 is 1. The molecule has 0 unspecified atom stereocenters. The van der Waals surface area contributed by atoms with E-state index in [1.54, 1.807) is 37.4 Å². The van der Waals surface area contributed by atoms with Crippen LogP contribution in [0.15, 0.2) is 78.5 Å². The largest absolute Gasteiger partial charge is 0.495 e. The monoisotopic (exact) mass is 442 g/mol. The molecule has 0 radical (unpaired) electrons. The summed E-state index contributed by atoms with van der Waals surface area (Å²) >= 11 is 0. The number of para-hydroxylation sites is 2. The Bertz CT molecular complexity index is 1210. The summed E-state index contributed by atoms with van der Waals surface area (Å²) in [5, 5.41) is 3.16. The van der Waals surface area contributed by atoms with Crippen LogP contribution in [-0.2, 0) is 9.59 Å². The van der Waals surface area contributed by atoms with Crippen LogP contribution in [0.4, 0.5) is 11.4 Å². The SMILES string of the molecule is CCCOc1ccc(C2=C(Nc3ccccc3OC)C(=O)N(c3cccc(C)c3)C2=O)cc1. The normalized spacial score (nSPS) is 13.5. The van der Waals surface area contributed by atoms with Crippen molar-refractivity contribution in [3.05, 3.63) is 89.6 Å². The number of rotatable bonds is 8. The number of anilines is 2. The molecule has 6 heteroatoms. The number of ether oxygens (including phenoxy) is 2. The third-order valence-corrected chi connectivity index (χ3v) is 5.33. The maximum absolute atomic E-state index is 13.6. The molecule has 1 aliphatic heterocycles. The molecular weight excluding hydrogens is 416 g/mol. The van der Waals surface area contributed by atoms with E-state index in [0.717, 1.165) is 12.0 Å². The van der Waals surface area contributed by atoms with E-state index >= 15 is 0 Å². The zero-order chi connectivity index (χ0) is 23.4. The molecule has 3 aromatic rings. The summed E-state index contributed by atoms with van der Waals surface area (Å²) in [5.74, 6) is 0.484. The Hall–Kier alpha value is -4.06. The van der Waals surface area contributed by atoms with Crippen molar-refractivity contribution in [2.45, 2.75) is 20.3 Å². The molecule has 1 N–H and O–H groups in total. The number of aryl methyl sites for hydroxylation is 1. The lowest BCUT2D eigenvalue weighted by molar-refractivity contribution is -0.120. The molecule has 3 aromatic carbocycles. The minimum absolute atomic E-state index is 0.202. The van der Waals surface area contributed by atoms with Crippen molar-refractivity contribution in [1.29, 1.82) is 0 Å². The minimum Gasteiger partial charge on any atom is -0.495 e. The van der Waals surface area contributed by atoms with Crippen molar-refractivity contribution in [2.24, 2.45) is 0 Å². The van der Waals surface area contributed by atoms with E-state index < -0.39 is 5.91 Å². The quantitative estimate of drug-likeness (QED) is 0.487. The highest BCUT2D eigenvalue weighted by molar-refractivity contribution is 6.46. The molecule has 0 saturated heterocycles. The van der Waals surface area contributed by atoms with Crippen molar-refractivity contribution in [1.82, 2.24) is 0 Å². The van der Waals surface area contributed by atoms with Crippen LogP contribution in [0.25, 0.3) is 5.57 Å². The van der Waals surface area contributed by atoms with Crippen molar-refractivity contribution >= 4 is 28.8 Å². The van der Waals surface area contributed by atoms with Gasteiger partial charge in [-0.15, -0.1) is 0 Å². The van der Waals surface area contributed by atoms with Crippen LogP contribution in [0.1, 0.15) is 24.5 Å². The van der Waals surface area contributed by atoms with Crippen LogP contribution in [0.3, 0.4) is 0 Å². The summed E-state index contributed by atoms with van der Waals surface area (Å²) in [4.78, 5) is 28.3. The molecule has 1 aliphatic rings. The second-order valence-corrected chi connectivity index (χ2v) is 7.73. The van der Waals surface area contributed by atoms with Gasteiger partial charge in [-0.2, -0.15) is 0 Å². The molecule has 2 amide bonds. The predicted octanol–water partition coefficient (Wildman–Crippen LogP) is 5.19. The van der Waals surface area contributed by atoms with Gasteiger partial charge in [-0.3, -0.25) is 9.59 Å². The number of amides is 2. The first-order valence-electron chi connectivity index (χ1n) is 10.9. The standard InChI is InChI=1S/C27H26N2O4/c1-4-16-33-21-14-12-19(13-15-21)24-25(28-22-10-5-6-11-23(22)32-3)27(31)29(26(24)30)20-9-7-8-18(2)17-20/h5-15,17,28H,4,16H2,1-3H3. The van der Waals surface area contributed by atoms with Gasteiger partial charge in [-0.05, 0) is 60.9 Å². The Labute approximate surface area is 193 Å². The number of carbonyl (C=O) groups is 2. The van der Waals surface area contributed by atoms with Gasteiger partial charge in [-0.1, -0.05) is 43.3 Å². The number of carbonyl (C=O) groups excluding carboxylic acids is 2. The van der Waals surface area contributed by atoms with E-state index in [1.165, 1.54) is 4.90 Å². The third kappa shape index (κ3) is 4.46. The van der Waals surface area contributed by atoms with E-state index in [0.29, 0.717) is 40.6 Å². The fraction of sp³-hybridized carbons (Fsp3) is 0.185. The minimum atomic E-state index is -0.419. The Morgan fingerprint density at radius 3 is 2.36 bits per heavy atom. The number of hydrogen-bond donors (Lipinski definition) is 1. The molecule has 0 saturated carbocycles. The van der Waals surface area contributed by atoms with Gasteiger partial charge >= 0.3 is 0 Å². The molecule has 168 valence electrons. The first kappa shape index (κ1) is 22.1. The molecule has 0 atom stereocenters. The molecule has 0 spiro atoms. The molecule has 33 heavy (non-hydrogen) atoms. The van der Waals surface area contributed by atoms with Gasteiger partial charge in [0.05, 0.1) is 30.7 Å². The third-order valence-electron chi connectivity index (χ3n) is 5.33. The van der Waals surface area contributed by atoms with E-state index in [4.69, 9.17) is 9.47 Å². The zero-order valence-corrected chi connectivity index (χ0v) is 18.9. The Balaban J connectivity index is 1.79. The molecule has 6 nitrogen and oxygen atoms in total. The van der Waals surface area contributed by atoms with Gasteiger partial charge in [0.2, 0.25) is 0 Å². The summed E-state index contributed by atoms with van der Waals surface area (Å²) < 4.78 is 11.1. The fourth-order valence-corrected chi connectivity index (χ4v) is 3.74. The van der Waals surface area contributed by atoms with Gasteiger partial charge in [0.1, 0.15) is 17.2 Å². The predicted molar refractivity (Wildman–Crippen MR) is 129 cm³/mol. The zero-order valence-electron chi connectivity index (χ0n) is 18.9. The highest BCUT2D eigenvalue weighted by Crippen LogP contribution is 2.36. The smallest absolute Gasteiger partial charge is 0.282 e. The molecular formula is C27H26N2O4. The van der Waals surface area contributed by atoms with Gasteiger partial charge in [0.15, 0.2) is 0 Å². The van der Waals surface area contributed by atoms with Crippen LogP contribution in [0.2, 0.25) is 0 Å². The Kier molecular flexibility index (Phi) is 6.45. The lowest BCUT2D eigenvalue weighted by atomic mass is 10.0. The average Bonchev–Trinajstić information content (AvgIpc) is 3.07. The lowest BCUT2D eigenvalue weighted by Gasteiger charge is -2.16. The van der Waals surface area contributed by atoms with Crippen LogP contribution >= 0.6 is 0 Å². The van der Waals surface area contributed by atoms with Gasteiger partial charge in [-0.25, -0.2) is 4.90 Å². The fourth-order valence-electron chi connectivity index (χ4n) is 3.74. The number of nitrogens with zero attached hydrogens (tertiary/aromatic N) is 1. The second kappa shape index (κ2) is 9.61. The summed E-state index contributed by atoms with van der Waals surface area (Å²) in [6, 6.07) is 21.8. The number of hydrogen-bond acceptors (Lipinski definition) is 5. The van der Waals surface area contributed by atoms with Crippen molar-refractivity contribution in [3.63, 3.8) is 0 Å². The summed E-state index contributed by atoms with van der Waals surface area (Å²) in [6.45, 7) is 4.57. The Morgan fingerprint density at radius 2 is 1.67 bits per heavy atom. The van der Waals surface area contributed by atoms with Gasteiger partial charge < -0.3 is 14.8 Å². The van der Waals surface area contributed by atoms with E-state index in [9.17, 15) is 9.59 Å². The summed E-state index contributed by atoms with van der Waals surface area (Å²) in [7, 11) is 1.56. The first-order valence-corrected chi connectivity index (χ1v) is 10.9. The summed E-state index contributed by atoms with van der Waals surface area (Å²) in [6.07, 6.45) is 0.901. The van der Waals surface area contributed by atoms with Crippen LogP contribution in [0.5, 0.6) is 11.5 Å². The van der Waals surface area contributed by atoms with Crippen molar-refractivity contribution in [3.8, 4) is 11.5 Å². The summed E-state index contributed by atoms with van der Waals surface area (Å²) in [5.41, 5.74) is 3.22. The molecule has 0 bridgehead atoms. The highest BCUT2D eigenvalue weighted by atomic mass is 16.5. The average molecular weight is 443 g/mol. The van der Waals surface area contributed by atoms with Crippen molar-refractivity contribution < 1.29 is 19.1 Å². The van der Waals surface area contributed by atoms with E-state index in [1.807, 2.05) is 56.3 Å². The molecule has 1 heterocycles. The number of imide groups is 1. The van der Waals surface area contributed by atoms with E-state index in [-0.39, 0.29) is 11.6 Å². The highest BCUT2D eigenvalue weighted by Gasteiger charge is 2.40. The molecule has 0 fully saturated rings. The number of nitrogens with one attached hydrogen (secondary N) is 1. The Morgan fingerprint density at radius 1 is 0.909 bits per heavy atom. The van der Waals surface area contributed by atoms with Gasteiger partial charge in [0, 0.05) is 0 Å². The molecule has 0 aromatic heterocycles. The maximum Gasteiger partial charge on any atom is 0.282 e. The number of benzene rings is 3. The second-order valence-electron chi connectivity index (χ2n) is 7.73. The molecule has 0 aliphatic carbocycles. The van der Waals surface area contributed by atoms with Crippen LogP contribution < -0.4 is 19.7 Å². The van der Waals surface area contributed by atoms with Crippen molar-refractivity contribution in [2.75, 3.05) is 23.9 Å².